The Kier molecular flexibility index (Phi) is 4.11. The van der Waals surface area contributed by atoms with Crippen molar-refractivity contribution < 1.29 is 14.6 Å². The lowest BCUT2D eigenvalue weighted by Crippen LogP contribution is -2.52. The van der Waals surface area contributed by atoms with Crippen LogP contribution in [0.3, 0.4) is 0 Å². The van der Waals surface area contributed by atoms with Crippen molar-refractivity contribution in [1.29, 1.82) is 0 Å². The van der Waals surface area contributed by atoms with Crippen molar-refractivity contribution in [1.82, 2.24) is 5.32 Å². The van der Waals surface area contributed by atoms with E-state index in [1.807, 2.05) is 20.8 Å². The predicted molar refractivity (Wildman–Crippen MR) is 57.9 cm³/mol. The van der Waals surface area contributed by atoms with Crippen molar-refractivity contribution in [3.05, 3.63) is 0 Å². The lowest BCUT2D eigenvalue weighted by atomic mass is 9.79. The normalized spacial score (nSPS) is 26.1. The highest BCUT2D eigenvalue weighted by atomic mass is 16.5. The molecule has 0 amide bonds. The maximum atomic E-state index is 10.8. The average Bonchev–Trinajstić information content (AvgIpc) is 2.00. The van der Waals surface area contributed by atoms with Crippen LogP contribution in [0, 0.1) is 5.92 Å². The fourth-order valence-corrected chi connectivity index (χ4v) is 1.86. The van der Waals surface area contributed by atoms with Gasteiger partial charge in [-0.25, -0.2) is 0 Å². The Morgan fingerprint density at radius 1 is 1.53 bits per heavy atom. The molecule has 2 N–H and O–H groups in total. The molecule has 0 spiro atoms. The number of rotatable bonds is 6. The molecule has 1 aliphatic carbocycles. The summed E-state index contributed by atoms with van der Waals surface area (Å²) in [6.07, 6.45) is 1.75. The molecule has 1 saturated carbocycles. The molecule has 4 heteroatoms. The molecule has 2 atom stereocenters. The molecule has 15 heavy (non-hydrogen) atoms. The van der Waals surface area contributed by atoms with E-state index in [2.05, 4.69) is 5.32 Å². The fourth-order valence-electron chi connectivity index (χ4n) is 1.86. The molecule has 0 aliphatic heterocycles. The lowest BCUT2D eigenvalue weighted by molar-refractivity contribution is -0.146. The zero-order chi connectivity index (χ0) is 11.5. The molecule has 0 aromatic heterocycles. The monoisotopic (exact) mass is 215 g/mol. The third-order valence-corrected chi connectivity index (χ3v) is 2.92. The number of aliphatic carboxylic acids is 1. The maximum absolute atomic E-state index is 10.8. The van der Waals surface area contributed by atoms with E-state index in [1.54, 1.807) is 0 Å². The number of hydrogen-bond acceptors (Lipinski definition) is 3. The third kappa shape index (κ3) is 3.47. The lowest BCUT2D eigenvalue weighted by Gasteiger charge is -2.37. The number of ether oxygens (including phenoxy) is 1. The van der Waals surface area contributed by atoms with Gasteiger partial charge in [0.25, 0.3) is 0 Å². The molecule has 88 valence electrons. The summed E-state index contributed by atoms with van der Waals surface area (Å²) in [5, 5.41) is 12.1. The molecular weight excluding hydrogens is 194 g/mol. The van der Waals surface area contributed by atoms with E-state index in [0.29, 0.717) is 13.2 Å². The predicted octanol–water partition coefficient (Wildman–Crippen LogP) is 1.25. The number of carboxylic acids is 1. The van der Waals surface area contributed by atoms with Gasteiger partial charge >= 0.3 is 5.97 Å². The zero-order valence-electron chi connectivity index (χ0n) is 9.75. The van der Waals surface area contributed by atoms with E-state index < -0.39 is 5.97 Å². The highest BCUT2D eigenvalue weighted by molar-refractivity contribution is 5.72. The van der Waals surface area contributed by atoms with E-state index in [4.69, 9.17) is 9.84 Å². The molecule has 4 nitrogen and oxygen atoms in total. The second-order valence-corrected chi connectivity index (χ2v) is 4.70. The van der Waals surface area contributed by atoms with Gasteiger partial charge in [-0.3, -0.25) is 4.79 Å². The van der Waals surface area contributed by atoms with E-state index in [0.717, 1.165) is 12.8 Å². The summed E-state index contributed by atoms with van der Waals surface area (Å²) >= 11 is 0. The summed E-state index contributed by atoms with van der Waals surface area (Å²) in [6, 6.07) is 0.127. The number of carbonyl (C=O) groups is 1. The first-order valence-corrected chi connectivity index (χ1v) is 5.56. The van der Waals surface area contributed by atoms with Crippen LogP contribution in [0.4, 0.5) is 0 Å². The Labute approximate surface area is 91.0 Å². The van der Waals surface area contributed by atoms with Gasteiger partial charge in [0.2, 0.25) is 0 Å². The minimum atomic E-state index is -0.687. The van der Waals surface area contributed by atoms with Crippen molar-refractivity contribution in [3.8, 4) is 0 Å². The Morgan fingerprint density at radius 2 is 2.20 bits per heavy atom. The third-order valence-electron chi connectivity index (χ3n) is 2.92. The second kappa shape index (κ2) is 4.94. The van der Waals surface area contributed by atoms with E-state index in [1.165, 1.54) is 0 Å². The van der Waals surface area contributed by atoms with Gasteiger partial charge in [0.15, 0.2) is 0 Å². The first kappa shape index (κ1) is 12.5. The first-order valence-electron chi connectivity index (χ1n) is 5.56. The van der Waals surface area contributed by atoms with Crippen LogP contribution in [0.2, 0.25) is 0 Å². The molecule has 1 fully saturated rings. The topological polar surface area (TPSA) is 58.6 Å². The van der Waals surface area contributed by atoms with Crippen LogP contribution in [0.25, 0.3) is 0 Å². The van der Waals surface area contributed by atoms with Gasteiger partial charge in [-0.05, 0) is 33.6 Å². The minimum absolute atomic E-state index is 0.127. The van der Waals surface area contributed by atoms with Crippen molar-refractivity contribution in [2.75, 3.05) is 13.2 Å². The smallest absolute Gasteiger partial charge is 0.308 e. The summed E-state index contributed by atoms with van der Waals surface area (Å²) in [6.45, 7) is 7.37. The van der Waals surface area contributed by atoms with Crippen LogP contribution in [0.5, 0.6) is 0 Å². The minimum Gasteiger partial charge on any atom is -0.481 e. The molecule has 0 bridgehead atoms. The average molecular weight is 215 g/mol. The summed E-state index contributed by atoms with van der Waals surface area (Å²) in [5.41, 5.74) is -0.215. The van der Waals surface area contributed by atoms with Crippen molar-refractivity contribution in [2.24, 2.45) is 5.92 Å². The number of nitrogens with one attached hydrogen (secondary N) is 1. The van der Waals surface area contributed by atoms with Gasteiger partial charge < -0.3 is 15.2 Å². The molecular formula is C11H21NO3. The Balaban J connectivity index is 2.28. The van der Waals surface area contributed by atoms with Crippen molar-refractivity contribution in [3.63, 3.8) is 0 Å². The molecule has 1 rings (SSSR count). The van der Waals surface area contributed by atoms with Gasteiger partial charge in [-0.15, -0.1) is 0 Å². The summed E-state index contributed by atoms with van der Waals surface area (Å²) < 4.78 is 5.53. The first-order chi connectivity index (χ1) is 6.96. The number of carboxylic acid groups (broad SMARTS) is 1. The van der Waals surface area contributed by atoms with Crippen molar-refractivity contribution in [2.45, 2.75) is 45.3 Å². The van der Waals surface area contributed by atoms with Gasteiger partial charge in [0.05, 0.1) is 11.5 Å². The standard InChI is InChI=1S/C11H21NO3/c1-4-15-11(2,3)7-12-9-6-5-8(9)10(13)14/h8-9,12H,4-7H2,1-3H3,(H,13,14). The van der Waals surface area contributed by atoms with Crippen LogP contribution in [0.1, 0.15) is 33.6 Å². The second-order valence-electron chi connectivity index (χ2n) is 4.70. The molecule has 2 unspecified atom stereocenters. The molecule has 0 aromatic rings. The van der Waals surface area contributed by atoms with E-state index in [-0.39, 0.29) is 17.6 Å². The van der Waals surface area contributed by atoms with Gasteiger partial charge in [-0.1, -0.05) is 0 Å². The molecule has 0 radical (unpaired) electrons. The SMILES string of the molecule is CCOC(C)(C)CNC1CCC1C(=O)O. The van der Waals surface area contributed by atoms with Crippen molar-refractivity contribution >= 4 is 5.97 Å². The zero-order valence-corrected chi connectivity index (χ0v) is 9.75. The Hall–Kier alpha value is -0.610. The fraction of sp³-hybridized carbons (Fsp3) is 0.909. The van der Waals surface area contributed by atoms with Gasteiger partial charge in [-0.2, -0.15) is 0 Å². The van der Waals surface area contributed by atoms with Crippen LogP contribution >= 0.6 is 0 Å². The molecule has 0 aromatic carbocycles. The molecule has 0 saturated heterocycles. The Bertz CT molecular complexity index is 228. The highest BCUT2D eigenvalue weighted by Crippen LogP contribution is 2.27. The quantitative estimate of drug-likeness (QED) is 0.700. The molecule has 0 heterocycles. The van der Waals surface area contributed by atoms with E-state index in [9.17, 15) is 4.79 Å². The Morgan fingerprint density at radius 3 is 2.60 bits per heavy atom. The van der Waals surface area contributed by atoms with Gasteiger partial charge in [0, 0.05) is 19.2 Å². The van der Waals surface area contributed by atoms with Crippen LogP contribution < -0.4 is 5.32 Å². The molecule has 1 aliphatic rings. The van der Waals surface area contributed by atoms with Crippen LogP contribution in [-0.4, -0.2) is 35.9 Å². The summed E-state index contributed by atoms with van der Waals surface area (Å²) in [4.78, 5) is 10.8. The maximum Gasteiger partial charge on any atom is 0.308 e. The van der Waals surface area contributed by atoms with Gasteiger partial charge in [0.1, 0.15) is 0 Å². The summed E-state index contributed by atoms with van der Waals surface area (Å²) in [7, 11) is 0. The highest BCUT2D eigenvalue weighted by Gasteiger charge is 2.37. The number of hydrogen-bond donors (Lipinski definition) is 2. The van der Waals surface area contributed by atoms with E-state index >= 15 is 0 Å². The summed E-state index contributed by atoms with van der Waals surface area (Å²) in [5.74, 6) is -0.893. The van der Waals surface area contributed by atoms with Crippen LogP contribution in [0.15, 0.2) is 0 Å². The largest absolute Gasteiger partial charge is 0.481 e. The van der Waals surface area contributed by atoms with Crippen LogP contribution in [-0.2, 0) is 9.53 Å².